The smallest absolute Gasteiger partial charge is 0.328 e. The number of hydrogen-bond donors (Lipinski definition) is 1. The number of nitrogens with zero attached hydrogens (tertiary/aromatic N) is 1. The van der Waals surface area contributed by atoms with Crippen LogP contribution in [0.15, 0.2) is 17.5 Å². The quantitative estimate of drug-likeness (QED) is 0.872. The highest BCUT2D eigenvalue weighted by Crippen LogP contribution is 2.25. The molecule has 0 radical (unpaired) electrons. The molecular formula is C15H19NO3S. The van der Waals surface area contributed by atoms with E-state index in [2.05, 4.69) is 13.8 Å². The van der Waals surface area contributed by atoms with Crippen LogP contribution in [0.5, 0.6) is 0 Å². The average molecular weight is 293 g/mol. The summed E-state index contributed by atoms with van der Waals surface area (Å²) < 4.78 is 0. The van der Waals surface area contributed by atoms with Crippen LogP contribution in [0.3, 0.4) is 0 Å². The molecule has 5 heteroatoms. The maximum absolute atomic E-state index is 12.4. The molecule has 0 aliphatic carbocycles. The number of carboxylic acid groups (broad SMARTS) is 1. The van der Waals surface area contributed by atoms with Crippen LogP contribution in [0.1, 0.15) is 35.5 Å². The Morgan fingerprint density at radius 1 is 1.40 bits per heavy atom. The summed E-state index contributed by atoms with van der Waals surface area (Å²) in [5, 5.41) is 10.4. The van der Waals surface area contributed by atoms with E-state index < -0.39 is 5.97 Å². The topological polar surface area (TPSA) is 57.6 Å². The monoisotopic (exact) mass is 293 g/mol. The first kappa shape index (κ1) is 14.8. The first-order chi connectivity index (χ1) is 9.47. The molecule has 108 valence electrons. The number of carbonyl (C=O) groups excluding carboxylic acids is 1. The molecule has 1 aliphatic heterocycles. The Balaban J connectivity index is 2.04. The number of aliphatic carboxylic acids is 1. The summed E-state index contributed by atoms with van der Waals surface area (Å²) >= 11 is 1.39. The number of carbonyl (C=O) groups is 2. The zero-order valence-corrected chi connectivity index (χ0v) is 12.5. The van der Waals surface area contributed by atoms with Gasteiger partial charge in [-0.3, -0.25) is 4.79 Å². The molecular weight excluding hydrogens is 274 g/mol. The van der Waals surface area contributed by atoms with Crippen molar-refractivity contribution in [3.05, 3.63) is 28.0 Å². The summed E-state index contributed by atoms with van der Waals surface area (Å²) in [6, 6.07) is 1.76. The van der Waals surface area contributed by atoms with Gasteiger partial charge in [-0.05, 0) is 30.4 Å². The molecule has 2 atom stereocenters. The predicted molar refractivity (Wildman–Crippen MR) is 79.8 cm³/mol. The van der Waals surface area contributed by atoms with Gasteiger partial charge in [0.25, 0.3) is 5.91 Å². The van der Waals surface area contributed by atoms with E-state index in [9.17, 15) is 9.59 Å². The van der Waals surface area contributed by atoms with Crippen molar-refractivity contribution < 1.29 is 14.7 Å². The largest absolute Gasteiger partial charge is 0.478 e. The highest BCUT2D eigenvalue weighted by Gasteiger charge is 2.26. The Morgan fingerprint density at radius 3 is 2.80 bits per heavy atom. The Bertz CT molecular complexity index is 535. The third kappa shape index (κ3) is 3.48. The summed E-state index contributed by atoms with van der Waals surface area (Å²) in [5.41, 5.74) is 0.654. The first-order valence-electron chi connectivity index (χ1n) is 6.76. The fourth-order valence-electron chi connectivity index (χ4n) is 2.34. The van der Waals surface area contributed by atoms with E-state index in [-0.39, 0.29) is 5.91 Å². The van der Waals surface area contributed by atoms with Crippen LogP contribution >= 0.6 is 11.3 Å². The molecule has 0 saturated carbocycles. The number of rotatable bonds is 3. The molecule has 0 bridgehead atoms. The number of carboxylic acids is 1. The van der Waals surface area contributed by atoms with Gasteiger partial charge >= 0.3 is 5.97 Å². The minimum atomic E-state index is -0.981. The molecule has 4 nitrogen and oxygen atoms in total. The average Bonchev–Trinajstić information content (AvgIpc) is 2.87. The molecule has 1 aromatic heterocycles. The Morgan fingerprint density at radius 2 is 2.15 bits per heavy atom. The standard InChI is InChI=1S/C15H19NO3S/c1-10-5-6-16(8-11(10)2)15(19)12-7-13(20-9-12)3-4-14(17)18/h3-4,7,9-11H,5-6,8H2,1-2H3,(H,17,18)/b4-3+. The van der Waals surface area contributed by atoms with E-state index in [1.807, 2.05) is 4.90 Å². The molecule has 1 amide bonds. The van der Waals surface area contributed by atoms with E-state index in [1.165, 1.54) is 17.4 Å². The van der Waals surface area contributed by atoms with Gasteiger partial charge in [0.15, 0.2) is 0 Å². The minimum absolute atomic E-state index is 0.0509. The third-order valence-electron chi connectivity index (χ3n) is 3.88. The van der Waals surface area contributed by atoms with Crippen LogP contribution in [-0.4, -0.2) is 35.0 Å². The van der Waals surface area contributed by atoms with Crippen molar-refractivity contribution in [1.29, 1.82) is 0 Å². The van der Waals surface area contributed by atoms with Crippen molar-refractivity contribution in [2.75, 3.05) is 13.1 Å². The van der Waals surface area contributed by atoms with E-state index in [0.717, 1.165) is 30.5 Å². The Hall–Kier alpha value is -1.62. The second kappa shape index (κ2) is 6.22. The van der Waals surface area contributed by atoms with Crippen LogP contribution in [0.4, 0.5) is 0 Å². The zero-order chi connectivity index (χ0) is 14.7. The number of thiophene rings is 1. The number of piperidine rings is 1. The van der Waals surface area contributed by atoms with E-state index in [1.54, 1.807) is 11.4 Å². The maximum Gasteiger partial charge on any atom is 0.328 e. The lowest BCUT2D eigenvalue weighted by molar-refractivity contribution is -0.131. The predicted octanol–water partition coefficient (Wildman–Crippen LogP) is 2.96. The van der Waals surface area contributed by atoms with Gasteiger partial charge in [0.2, 0.25) is 0 Å². The summed E-state index contributed by atoms with van der Waals surface area (Å²) in [4.78, 5) is 25.6. The van der Waals surface area contributed by atoms with Crippen molar-refractivity contribution in [3.63, 3.8) is 0 Å². The summed E-state index contributed by atoms with van der Waals surface area (Å²) in [7, 11) is 0. The fourth-order valence-corrected chi connectivity index (χ4v) is 3.11. The SMILES string of the molecule is CC1CCN(C(=O)c2csc(/C=C/C(=O)O)c2)CC1C. The fraction of sp³-hybridized carbons (Fsp3) is 0.467. The van der Waals surface area contributed by atoms with Gasteiger partial charge in [-0.2, -0.15) is 0 Å². The van der Waals surface area contributed by atoms with Crippen LogP contribution in [0, 0.1) is 11.8 Å². The maximum atomic E-state index is 12.4. The molecule has 1 fully saturated rings. The van der Waals surface area contributed by atoms with Crippen molar-refractivity contribution in [2.24, 2.45) is 11.8 Å². The van der Waals surface area contributed by atoms with Gasteiger partial charge in [0.05, 0.1) is 5.56 Å². The molecule has 0 aromatic carbocycles. The van der Waals surface area contributed by atoms with Crippen molar-refractivity contribution in [2.45, 2.75) is 20.3 Å². The van der Waals surface area contributed by atoms with Crippen molar-refractivity contribution in [3.8, 4) is 0 Å². The lowest BCUT2D eigenvalue weighted by atomic mass is 9.88. The molecule has 2 unspecified atom stereocenters. The molecule has 2 heterocycles. The Kier molecular flexibility index (Phi) is 4.60. The van der Waals surface area contributed by atoms with Gasteiger partial charge in [0.1, 0.15) is 0 Å². The number of likely N-dealkylation sites (tertiary alicyclic amines) is 1. The third-order valence-corrected chi connectivity index (χ3v) is 4.78. The van der Waals surface area contributed by atoms with Gasteiger partial charge in [-0.15, -0.1) is 11.3 Å². The minimum Gasteiger partial charge on any atom is -0.478 e. The van der Waals surface area contributed by atoms with E-state index in [0.29, 0.717) is 17.4 Å². The number of amides is 1. The molecule has 2 rings (SSSR count). The highest BCUT2D eigenvalue weighted by atomic mass is 32.1. The van der Waals surface area contributed by atoms with Gasteiger partial charge in [-0.25, -0.2) is 4.79 Å². The van der Waals surface area contributed by atoms with Crippen LogP contribution in [0.2, 0.25) is 0 Å². The van der Waals surface area contributed by atoms with Crippen molar-refractivity contribution in [1.82, 2.24) is 4.90 Å². The molecule has 20 heavy (non-hydrogen) atoms. The Labute approximate surface area is 122 Å². The van der Waals surface area contributed by atoms with Crippen molar-refractivity contribution >= 4 is 29.3 Å². The lowest BCUT2D eigenvalue weighted by Gasteiger charge is -2.35. The summed E-state index contributed by atoms with van der Waals surface area (Å²) in [6.07, 6.45) is 3.65. The van der Waals surface area contributed by atoms with Gasteiger partial charge in [0, 0.05) is 29.4 Å². The van der Waals surface area contributed by atoms with Crippen LogP contribution < -0.4 is 0 Å². The summed E-state index contributed by atoms with van der Waals surface area (Å²) in [5.74, 6) is 0.258. The highest BCUT2D eigenvalue weighted by molar-refractivity contribution is 7.11. The van der Waals surface area contributed by atoms with Gasteiger partial charge < -0.3 is 10.0 Å². The van der Waals surface area contributed by atoms with E-state index >= 15 is 0 Å². The normalized spacial score (nSPS) is 23.2. The van der Waals surface area contributed by atoms with E-state index in [4.69, 9.17) is 5.11 Å². The zero-order valence-electron chi connectivity index (χ0n) is 11.7. The molecule has 1 N–H and O–H groups in total. The second-order valence-corrected chi connectivity index (χ2v) is 6.35. The molecule has 1 aliphatic rings. The summed E-state index contributed by atoms with van der Waals surface area (Å²) in [6.45, 7) is 6.02. The second-order valence-electron chi connectivity index (χ2n) is 5.40. The first-order valence-corrected chi connectivity index (χ1v) is 7.64. The van der Waals surface area contributed by atoms with Crippen LogP contribution in [0.25, 0.3) is 6.08 Å². The van der Waals surface area contributed by atoms with Crippen LogP contribution in [-0.2, 0) is 4.79 Å². The number of hydrogen-bond acceptors (Lipinski definition) is 3. The molecule has 1 aromatic rings. The lowest BCUT2D eigenvalue weighted by Crippen LogP contribution is -2.42. The molecule has 1 saturated heterocycles. The molecule has 0 spiro atoms. The van der Waals surface area contributed by atoms with Gasteiger partial charge in [-0.1, -0.05) is 13.8 Å².